The summed E-state index contributed by atoms with van der Waals surface area (Å²) in [7, 11) is 0. The quantitative estimate of drug-likeness (QED) is 0.484. The molecule has 0 unspecified atom stereocenters. The van der Waals surface area contributed by atoms with E-state index in [1.807, 2.05) is 0 Å². The van der Waals surface area contributed by atoms with E-state index in [4.69, 9.17) is 4.74 Å². The maximum Gasteiger partial charge on any atom is 0.283 e. The highest BCUT2D eigenvalue weighted by Gasteiger charge is 2.18. The summed E-state index contributed by atoms with van der Waals surface area (Å²) in [5.74, 6) is -0.506. The smallest absolute Gasteiger partial charge is 0.283 e. The molecule has 0 saturated heterocycles. The SMILES string of the molecule is CC(=O)c1ccc(Oc2cccc(F)c2)cc1[N+](=O)[O-]. The number of nitro benzene ring substituents is 1. The van der Waals surface area contributed by atoms with E-state index in [9.17, 15) is 19.3 Å². The van der Waals surface area contributed by atoms with Crippen LogP contribution in [0.25, 0.3) is 0 Å². The number of halogens is 1. The maximum absolute atomic E-state index is 13.0. The maximum atomic E-state index is 13.0. The van der Waals surface area contributed by atoms with Crippen molar-refractivity contribution in [3.8, 4) is 11.5 Å². The molecule has 6 heteroatoms. The lowest BCUT2D eigenvalue weighted by Crippen LogP contribution is -2.00. The van der Waals surface area contributed by atoms with Crippen LogP contribution >= 0.6 is 0 Å². The fraction of sp³-hybridized carbons (Fsp3) is 0.0714. The van der Waals surface area contributed by atoms with Crippen LogP contribution in [0, 0.1) is 15.9 Å². The average molecular weight is 275 g/mol. The molecule has 0 amide bonds. The van der Waals surface area contributed by atoms with E-state index >= 15 is 0 Å². The first-order valence-electron chi connectivity index (χ1n) is 5.70. The third-order valence-electron chi connectivity index (χ3n) is 2.58. The van der Waals surface area contributed by atoms with Gasteiger partial charge >= 0.3 is 0 Å². The Hall–Kier alpha value is -2.76. The zero-order chi connectivity index (χ0) is 14.7. The Morgan fingerprint density at radius 1 is 1.20 bits per heavy atom. The van der Waals surface area contributed by atoms with Crippen molar-refractivity contribution in [3.63, 3.8) is 0 Å². The number of nitro groups is 1. The lowest BCUT2D eigenvalue weighted by Gasteiger charge is -2.06. The van der Waals surface area contributed by atoms with Crippen molar-refractivity contribution in [3.05, 3.63) is 64.0 Å². The molecule has 0 aliphatic rings. The minimum atomic E-state index is -0.658. The molecule has 0 aliphatic carbocycles. The molecule has 2 rings (SSSR count). The lowest BCUT2D eigenvalue weighted by molar-refractivity contribution is -0.385. The minimum absolute atomic E-state index is 0.00147. The predicted molar refractivity (Wildman–Crippen MR) is 69.6 cm³/mol. The fourth-order valence-electron chi connectivity index (χ4n) is 1.69. The van der Waals surface area contributed by atoms with Crippen molar-refractivity contribution in [2.24, 2.45) is 0 Å². The molecule has 0 aliphatic heterocycles. The van der Waals surface area contributed by atoms with Crippen molar-refractivity contribution in [2.45, 2.75) is 6.92 Å². The van der Waals surface area contributed by atoms with Gasteiger partial charge in [0.15, 0.2) is 5.78 Å². The zero-order valence-electron chi connectivity index (χ0n) is 10.5. The van der Waals surface area contributed by atoms with Crippen molar-refractivity contribution in [2.75, 3.05) is 0 Å². The van der Waals surface area contributed by atoms with E-state index in [0.717, 1.165) is 12.1 Å². The van der Waals surface area contributed by atoms with Gasteiger partial charge in [0, 0.05) is 6.07 Å². The molecule has 0 aromatic heterocycles. The second-order valence-electron chi connectivity index (χ2n) is 4.05. The number of rotatable bonds is 4. The first-order valence-corrected chi connectivity index (χ1v) is 5.70. The predicted octanol–water partition coefficient (Wildman–Crippen LogP) is 3.73. The zero-order valence-corrected chi connectivity index (χ0v) is 10.5. The normalized spacial score (nSPS) is 10.1. The molecule has 0 heterocycles. The largest absolute Gasteiger partial charge is 0.457 e. The molecule has 0 fully saturated rings. The lowest BCUT2D eigenvalue weighted by atomic mass is 10.1. The molecule has 2 aromatic carbocycles. The summed E-state index contributed by atoms with van der Waals surface area (Å²) in [4.78, 5) is 21.6. The summed E-state index contributed by atoms with van der Waals surface area (Å²) in [6, 6.07) is 9.28. The van der Waals surface area contributed by atoms with Crippen LogP contribution in [0.1, 0.15) is 17.3 Å². The summed E-state index contributed by atoms with van der Waals surface area (Å²) in [6.45, 7) is 1.25. The van der Waals surface area contributed by atoms with Gasteiger partial charge in [-0.2, -0.15) is 0 Å². The number of hydrogen-bond donors (Lipinski definition) is 0. The Labute approximate surface area is 113 Å². The number of Topliss-reactive ketones (excluding diaryl/α,β-unsaturated/α-hetero) is 1. The van der Waals surface area contributed by atoms with Crippen LogP contribution < -0.4 is 4.74 Å². The summed E-state index contributed by atoms with van der Waals surface area (Å²) in [5.41, 5.74) is -0.340. The third-order valence-corrected chi connectivity index (χ3v) is 2.58. The molecular weight excluding hydrogens is 265 g/mol. The van der Waals surface area contributed by atoms with Crippen molar-refractivity contribution in [1.82, 2.24) is 0 Å². The van der Waals surface area contributed by atoms with Crippen LogP contribution in [0.15, 0.2) is 42.5 Å². The average Bonchev–Trinajstić information content (AvgIpc) is 2.38. The second-order valence-corrected chi connectivity index (χ2v) is 4.05. The molecule has 102 valence electrons. The van der Waals surface area contributed by atoms with Crippen molar-refractivity contribution >= 4 is 11.5 Å². The summed E-state index contributed by atoms with van der Waals surface area (Å²) >= 11 is 0. The fourth-order valence-corrected chi connectivity index (χ4v) is 1.69. The Morgan fingerprint density at radius 3 is 2.50 bits per heavy atom. The van der Waals surface area contributed by atoms with Gasteiger partial charge in [-0.25, -0.2) is 4.39 Å². The molecule has 0 radical (unpaired) electrons. The van der Waals surface area contributed by atoms with Crippen LogP contribution in [-0.4, -0.2) is 10.7 Å². The highest BCUT2D eigenvalue weighted by Crippen LogP contribution is 2.28. The van der Waals surface area contributed by atoms with Crippen molar-refractivity contribution < 1.29 is 18.8 Å². The monoisotopic (exact) mass is 275 g/mol. The van der Waals surface area contributed by atoms with Crippen LogP contribution in [-0.2, 0) is 0 Å². The van der Waals surface area contributed by atoms with E-state index in [1.165, 1.54) is 37.3 Å². The van der Waals surface area contributed by atoms with Gasteiger partial charge in [0.25, 0.3) is 5.69 Å². The van der Waals surface area contributed by atoms with Gasteiger partial charge in [0.2, 0.25) is 0 Å². The van der Waals surface area contributed by atoms with Gasteiger partial charge in [-0.3, -0.25) is 14.9 Å². The highest BCUT2D eigenvalue weighted by molar-refractivity contribution is 5.98. The Bertz CT molecular complexity index is 685. The summed E-state index contributed by atoms with van der Waals surface area (Å²) in [5, 5.41) is 10.9. The van der Waals surface area contributed by atoms with Gasteiger partial charge in [0.1, 0.15) is 17.3 Å². The Morgan fingerprint density at radius 2 is 1.90 bits per heavy atom. The number of ether oxygens (including phenoxy) is 1. The third kappa shape index (κ3) is 2.97. The van der Waals surface area contributed by atoms with Gasteiger partial charge in [-0.05, 0) is 31.2 Å². The highest BCUT2D eigenvalue weighted by atomic mass is 19.1. The van der Waals surface area contributed by atoms with E-state index in [0.29, 0.717) is 0 Å². The summed E-state index contributed by atoms with van der Waals surface area (Å²) in [6.07, 6.45) is 0. The second kappa shape index (κ2) is 5.48. The number of carbonyl (C=O) groups is 1. The molecule has 0 N–H and O–H groups in total. The first kappa shape index (κ1) is 13.7. The molecule has 2 aromatic rings. The number of carbonyl (C=O) groups excluding carboxylic acids is 1. The van der Waals surface area contributed by atoms with Gasteiger partial charge < -0.3 is 4.74 Å². The van der Waals surface area contributed by atoms with E-state index < -0.39 is 16.5 Å². The Balaban J connectivity index is 2.36. The van der Waals surface area contributed by atoms with Crippen LogP contribution in [0.3, 0.4) is 0 Å². The number of hydrogen-bond acceptors (Lipinski definition) is 4. The topological polar surface area (TPSA) is 69.4 Å². The first-order chi connectivity index (χ1) is 9.47. The number of nitrogens with zero attached hydrogens (tertiary/aromatic N) is 1. The van der Waals surface area contributed by atoms with Crippen LogP contribution in [0.4, 0.5) is 10.1 Å². The molecule has 0 atom stereocenters. The van der Waals surface area contributed by atoms with Gasteiger partial charge in [0.05, 0.1) is 16.6 Å². The van der Waals surface area contributed by atoms with E-state index in [2.05, 4.69) is 0 Å². The summed E-state index contributed by atoms with van der Waals surface area (Å²) < 4.78 is 18.3. The number of benzene rings is 2. The Kier molecular flexibility index (Phi) is 3.74. The van der Waals surface area contributed by atoms with Crippen molar-refractivity contribution in [1.29, 1.82) is 0 Å². The van der Waals surface area contributed by atoms with Gasteiger partial charge in [-0.15, -0.1) is 0 Å². The molecule has 0 saturated carbocycles. The van der Waals surface area contributed by atoms with E-state index in [-0.39, 0.29) is 22.7 Å². The number of ketones is 1. The molecule has 20 heavy (non-hydrogen) atoms. The van der Waals surface area contributed by atoms with E-state index in [1.54, 1.807) is 0 Å². The molecular formula is C14H10FNO4. The van der Waals surface area contributed by atoms with Crippen LogP contribution in [0.2, 0.25) is 0 Å². The molecule has 0 spiro atoms. The minimum Gasteiger partial charge on any atom is -0.457 e. The molecule has 5 nitrogen and oxygen atoms in total. The molecule has 0 bridgehead atoms. The standard InChI is InChI=1S/C14H10FNO4/c1-9(17)13-6-5-12(8-14(13)16(18)19)20-11-4-2-3-10(15)7-11/h2-8H,1H3. The van der Waals surface area contributed by atoms with Gasteiger partial charge in [-0.1, -0.05) is 6.07 Å². The van der Waals surface area contributed by atoms with Crippen LogP contribution in [0.5, 0.6) is 11.5 Å².